The summed E-state index contributed by atoms with van der Waals surface area (Å²) in [6.07, 6.45) is 1.77. The Balaban J connectivity index is 1.48. The molecule has 6 nitrogen and oxygen atoms in total. The van der Waals surface area contributed by atoms with Crippen LogP contribution in [0, 0.1) is 0 Å². The highest BCUT2D eigenvalue weighted by Crippen LogP contribution is 2.44. The molecule has 0 amide bonds. The van der Waals surface area contributed by atoms with E-state index in [4.69, 9.17) is 49.3 Å². The van der Waals surface area contributed by atoms with Crippen molar-refractivity contribution in [1.29, 1.82) is 0 Å². The van der Waals surface area contributed by atoms with Crippen LogP contribution in [0.1, 0.15) is 23.5 Å². The summed E-state index contributed by atoms with van der Waals surface area (Å²) in [5.41, 5.74) is 1.67. The smallest absolute Gasteiger partial charge is 0.174 e. The van der Waals surface area contributed by atoms with Crippen molar-refractivity contribution in [3.05, 3.63) is 100 Å². The molecule has 190 valence electrons. The van der Waals surface area contributed by atoms with Crippen molar-refractivity contribution >= 4 is 58.0 Å². The van der Waals surface area contributed by atoms with Gasteiger partial charge in [-0.3, -0.25) is 4.98 Å². The van der Waals surface area contributed by atoms with Gasteiger partial charge in [-0.25, -0.2) is 0 Å². The maximum atomic E-state index is 6.58. The molecule has 5 rings (SSSR count). The van der Waals surface area contributed by atoms with Crippen molar-refractivity contribution in [2.24, 2.45) is 0 Å². The first kappa shape index (κ1) is 25.9. The fourth-order valence-electron chi connectivity index (χ4n) is 4.08. The summed E-state index contributed by atoms with van der Waals surface area (Å²) in [4.78, 5) is 7.63. The van der Waals surface area contributed by atoms with Gasteiger partial charge in [0.1, 0.15) is 24.2 Å². The lowest BCUT2D eigenvalue weighted by Gasteiger charge is -2.26. The molecule has 0 spiro atoms. The van der Waals surface area contributed by atoms with Gasteiger partial charge >= 0.3 is 0 Å². The molecular formula is C27H23Cl2N3O3S2. The molecule has 1 fully saturated rings. The van der Waals surface area contributed by atoms with Gasteiger partial charge < -0.3 is 24.1 Å². The van der Waals surface area contributed by atoms with Crippen molar-refractivity contribution in [3.8, 4) is 5.75 Å². The zero-order valence-electron chi connectivity index (χ0n) is 19.8. The Morgan fingerprint density at radius 3 is 2.62 bits per heavy atom. The monoisotopic (exact) mass is 571 g/mol. The second-order valence-electron chi connectivity index (χ2n) is 8.17. The molecule has 0 unspecified atom stereocenters. The van der Waals surface area contributed by atoms with E-state index in [0.717, 1.165) is 27.1 Å². The zero-order chi connectivity index (χ0) is 25.8. The molecule has 37 heavy (non-hydrogen) atoms. The number of benzene rings is 2. The topological polar surface area (TPSA) is 59.8 Å². The maximum Gasteiger partial charge on any atom is 0.174 e. The van der Waals surface area contributed by atoms with Crippen LogP contribution in [0.5, 0.6) is 5.75 Å². The van der Waals surface area contributed by atoms with E-state index in [1.54, 1.807) is 13.3 Å². The molecule has 1 aliphatic heterocycles. The summed E-state index contributed by atoms with van der Waals surface area (Å²) < 4.78 is 17.1. The number of furan rings is 1. The molecule has 0 bridgehead atoms. The van der Waals surface area contributed by atoms with Gasteiger partial charge in [0.15, 0.2) is 10.2 Å². The minimum atomic E-state index is -0.293. The van der Waals surface area contributed by atoms with Gasteiger partial charge in [0.05, 0.1) is 23.4 Å². The molecule has 3 heterocycles. The molecule has 0 aliphatic carbocycles. The third kappa shape index (κ3) is 5.89. The van der Waals surface area contributed by atoms with Gasteiger partial charge in [0, 0.05) is 28.9 Å². The number of hydrogen-bond donors (Lipinski definition) is 1. The van der Waals surface area contributed by atoms with Gasteiger partial charge in [-0.2, -0.15) is 0 Å². The van der Waals surface area contributed by atoms with Crippen LogP contribution in [-0.4, -0.2) is 30.4 Å². The van der Waals surface area contributed by atoms with E-state index in [9.17, 15) is 0 Å². The van der Waals surface area contributed by atoms with E-state index in [-0.39, 0.29) is 12.1 Å². The lowest BCUT2D eigenvalue weighted by molar-refractivity contribution is 0.146. The largest absolute Gasteiger partial charge is 0.490 e. The van der Waals surface area contributed by atoms with Gasteiger partial charge in [-0.1, -0.05) is 41.0 Å². The Bertz CT molecular complexity index is 1370. The fraction of sp³-hybridized carbons (Fsp3) is 0.185. The van der Waals surface area contributed by atoms with E-state index in [1.165, 1.54) is 11.8 Å². The third-order valence-corrected chi connectivity index (χ3v) is 7.55. The van der Waals surface area contributed by atoms with Crippen LogP contribution in [0.15, 0.2) is 93.4 Å². The zero-order valence-corrected chi connectivity index (χ0v) is 22.9. The quantitative estimate of drug-likeness (QED) is 0.165. The van der Waals surface area contributed by atoms with Crippen LogP contribution < -0.4 is 15.0 Å². The number of thiocarbonyl (C=S) groups is 1. The SMILES string of the molecule is COCCOc1ccc(N2C(=S)N[C@@H](c3ccccn3)[C@@H]2c2ccc(Sc3ccc(Cl)cc3)o2)cc1Cl. The summed E-state index contributed by atoms with van der Waals surface area (Å²) in [5, 5.41) is 5.91. The first-order valence-corrected chi connectivity index (χ1v) is 13.5. The van der Waals surface area contributed by atoms with Crippen molar-refractivity contribution in [1.82, 2.24) is 10.3 Å². The first-order valence-electron chi connectivity index (χ1n) is 11.5. The van der Waals surface area contributed by atoms with E-state index in [0.29, 0.717) is 34.1 Å². The highest BCUT2D eigenvalue weighted by Gasteiger charge is 2.42. The first-order chi connectivity index (χ1) is 18.0. The number of halogens is 2. The van der Waals surface area contributed by atoms with E-state index in [2.05, 4.69) is 10.3 Å². The van der Waals surface area contributed by atoms with Crippen molar-refractivity contribution in [2.45, 2.75) is 22.1 Å². The van der Waals surface area contributed by atoms with Crippen LogP contribution in [-0.2, 0) is 4.74 Å². The van der Waals surface area contributed by atoms with Gasteiger partial charge in [0.25, 0.3) is 0 Å². The molecule has 2 aromatic heterocycles. The van der Waals surface area contributed by atoms with Gasteiger partial charge in [0.2, 0.25) is 0 Å². The molecule has 0 radical (unpaired) electrons. The van der Waals surface area contributed by atoms with Crippen molar-refractivity contribution < 1.29 is 13.9 Å². The second-order valence-corrected chi connectivity index (χ2v) is 10.5. The molecule has 10 heteroatoms. The number of aromatic nitrogens is 1. The van der Waals surface area contributed by atoms with Gasteiger partial charge in [-0.05, 0) is 78.9 Å². The lowest BCUT2D eigenvalue weighted by atomic mass is 10.0. The molecular weight excluding hydrogens is 549 g/mol. The average Bonchev–Trinajstić information content (AvgIpc) is 3.51. The van der Waals surface area contributed by atoms with E-state index < -0.39 is 0 Å². The Morgan fingerprint density at radius 1 is 1.05 bits per heavy atom. The Kier molecular flexibility index (Phi) is 8.22. The molecule has 1 saturated heterocycles. The number of pyridine rings is 1. The standard InChI is InChI=1S/C27H23Cl2N3O3S2/c1-33-14-15-34-22-10-7-18(16-20(22)29)32-26(25(31-27(32)36)21-4-2-3-13-30-21)23-11-12-24(35-23)37-19-8-5-17(28)6-9-19/h2-13,16,25-26H,14-15H2,1H3,(H,31,36)/t25-,26-/m0/s1. The molecule has 2 aromatic carbocycles. The maximum absolute atomic E-state index is 6.58. The minimum absolute atomic E-state index is 0.232. The van der Waals surface area contributed by atoms with E-state index in [1.807, 2.05) is 77.7 Å². The molecule has 0 saturated carbocycles. The fourth-order valence-corrected chi connectivity index (χ4v) is 5.56. The third-order valence-electron chi connectivity index (χ3n) is 5.76. The molecule has 2 atom stereocenters. The Morgan fingerprint density at radius 2 is 1.89 bits per heavy atom. The van der Waals surface area contributed by atoms with Crippen LogP contribution >= 0.6 is 47.2 Å². The van der Waals surface area contributed by atoms with Crippen molar-refractivity contribution in [2.75, 3.05) is 25.2 Å². The van der Waals surface area contributed by atoms with E-state index >= 15 is 0 Å². The second kappa shape index (κ2) is 11.8. The normalized spacial score (nSPS) is 17.2. The Hall–Kier alpha value is -2.75. The highest BCUT2D eigenvalue weighted by molar-refractivity contribution is 7.99. The summed E-state index contributed by atoms with van der Waals surface area (Å²) in [5.74, 6) is 1.33. The summed E-state index contributed by atoms with van der Waals surface area (Å²) in [6.45, 7) is 0.880. The summed E-state index contributed by atoms with van der Waals surface area (Å²) in [7, 11) is 1.63. The van der Waals surface area contributed by atoms with Crippen LogP contribution in [0.25, 0.3) is 0 Å². The number of nitrogens with zero attached hydrogens (tertiary/aromatic N) is 2. The van der Waals surface area contributed by atoms with Crippen LogP contribution in [0.3, 0.4) is 0 Å². The number of rotatable bonds is 9. The summed E-state index contributed by atoms with van der Waals surface area (Å²) in [6, 6.07) is 22.5. The number of ether oxygens (including phenoxy) is 2. The number of hydrogen-bond acceptors (Lipinski definition) is 6. The summed E-state index contributed by atoms with van der Waals surface area (Å²) >= 11 is 19.9. The predicted octanol–water partition coefficient (Wildman–Crippen LogP) is 7.33. The molecule has 4 aromatic rings. The van der Waals surface area contributed by atoms with Crippen molar-refractivity contribution in [3.63, 3.8) is 0 Å². The average molecular weight is 573 g/mol. The lowest BCUT2D eigenvalue weighted by Crippen LogP contribution is -2.29. The minimum Gasteiger partial charge on any atom is -0.490 e. The molecule has 1 N–H and O–H groups in total. The molecule has 1 aliphatic rings. The van der Waals surface area contributed by atoms with Gasteiger partial charge in [-0.15, -0.1) is 0 Å². The van der Waals surface area contributed by atoms with Crippen LogP contribution in [0.2, 0.25) is 10.0 Å². The Labute approximate surface area is 234 Å². The predicted molar refractivity (Wildman–Crippen MR) is 151 cm³/mol. The highest BCUT2D eigenvalue weighted by atomic mass is 35.5. The van der Waals surface area contributed by atoms with Crippen LogP contribution in [0.4, 0.5) is 5.69 Å². The number of anilines is 1. The number of methoxy groups -OCH3 is 1. The number of nitrogens with one attached hydrogen (secondary N) is 1.